The van der Waals surface area contributed by atoms with Crippen LogP contribution in [0, 0.1) is 11.8 Å². The number of rotatable bonds is 6. The van der Waals surface area contributed by atoms with Crippen LogP contribution >= 0.6 is 0 Å². The lowest BCUT2D eigenvalue weighted by molar-refractivity contribution is -0.185. The van der Waals surface area contributed by atoms with E-state index in [1.807, 2.05) is 4.90 Å². The fourth-order valence-corrected chi connectivity index (χ4v) is 6.97. The number of carbonyl (C=O) groups is 4. The molecular formula is C29H35N3O10. The van der Waals surface area contributed by atoms with Gasteiger partial charge in [-0.15, -0.1) is 0 Å². The second-order valence-electron chi connectivity index (χ2n) is 11.5. The highest BCUT2D eigenvalue weighted by Gasteiger charge is 2.69. The Labute approximate surface area is 241 Å². The van der Waals surface area contributed by atoms with E-state index in [0.717, 1.165) is 0 Å². The van der Waals surface area contributed by atoms with Crippen molar-refractivity contribution in [2.24, 2.45) is 17.6 Å². The summed E-state index contributed by atoms with van der Waals surface area (Å²) in [4.78, 5) is 56.9. The van der Waals surface area contributed by atoms with Crippen molar-refractivity contribution in [3.63, 3.8) is 0 Å². The van der Waals surface area contributed by atoms with Gasteiger partial charge in [-0.25, -0.2) is 0 Å². The Morgan fingerprint density at radius 2 is 1.83 bits per heavy atom. The minimum Gasteiger partial charge on any atom is -0.508 e. The van der Waals surface area contributed by atoms with E-state index in [4.69, 9.17) is 15.2 Å². The minimum atomic E-state index is -2.97. The number of hydrogen-bond donors (Lipinski definition) is 5. The van der Waals surface area contributed by atoms with Crippen molar-refractivity contribution >= 4 is 29.2 Å². The minimum absolute atomic E-state index is 0.0429. The summed E-state index contributed by atoms with van der Waals surface area (Å²) in [7, 11) is 2.96. The normalized spacial score (nSPS) is 31.5. The monoisotopic (exact) mass is 585 g/mol. The van der Waals surface area contributed by atoms with Crippen LogP contribution in [0.1, 0.15) is 30.4 Å². The van der Waals surface area contributed by atoms with Crippen LogP contribution in [-0.2, 0) is 28.7 Å². The Balaban J connectivity index is 1.69. The van der Waals surface area contributed by atoms with E-state index >= 15 is 0 Å². The molecule has 1 saturated heterocycles. The number of benzene rings is 1. The second kappa shape index (κ2) is 10.8. The summed E-state index contributed by atoms with van der Waals surface area (Å²) in [6, 6.07) is 3.11. The van der Waals surface area contributed by atoms with Gasteiger partial charge in [0.1, 0.15) is 28.9 Å². The first-order valence-corrected chi connectivity index (χ1v) is 13.8. The summed E-state index contributed by atoms with van der Waals surface area (Å²) in [5.74, 6) is -9.76. The smallest absolute Gasteiger partial charge is 0.307 e. The van der Waals surface area contributed by atoms with E-state index in [2.05, 4.69) is 0 Å². The van der Waals surface area contributed by atoms with Gasteiger partial charge in [0.2, 0.25) is 5.78 Å². The van der Waals surface area contributed by atoms with E-state index in [0.29, 0.717) is 38.4 Å². The Bertz CT molecular complexity index is 1410. The highest BCUT2D eigenvalue weighted by molar-refractivity contribution is 6.24. The molecule has 4 aliphatic rings. The van der Waals surface area contributed by atoms with Crippen molar-refractivity contribution in [3.8, 4) is 5.75 Å². The molecule has 6 atom stereocenters. The molecule has 0 spiro atoms. The van der Waals surface area contributed by atoms with Crippen molar-refractivity contribution in [2.75, 3.05) is 46.9 Å². The number of aliphatic hydroxyl groups excluding tert-OH is 2. The van der Waals surface area contributed by atoms with Gasteiger partial charge >= 0.3 is 5.97 Å². The van der Waals surface area contributed by atoms with Crippen LogP contribution in [0.3, 0.4) is 0 Å². The maximum atomic E-state index is 14.2. The van der Waals surface area contributed by atoms with Gasteiger partial charge in [-0.1, -0.05) is 19.1 Å². The maximum Gasteiger partial charge on any atom is 0.307 e. The molecule has 42 heavy (non-hydrogen) atoms. The van der Waals surface area contributed by atoms with Crippen LogP contribution in [-0.4, -0.2) is 118 Å². The van der Waals surface area contributed by atoms with Crippen LogP contribution < -0.4 is 5.73 Å². The van der Waals surface area contributed by atoms with Crippen molar-refractivity contribution in [3.05, 3.63) is 46.2 Å². The molecule has 5 rings (SSSR count). The molecule has 1 aromatic rings. The molecule has 0 bridgehead atoms. The van der Waals surface area contributed by atoms with Gasteiger partial charge in [0.15, 0.2) is 11.4 Å². The Kier molecular flexibility index (Phi) is 7.64. The lowest BCUT2D eigenvalue weighted by Crippen LogP contribution is -2.71. The molecule has 13 nitrogen and oxygen atoms in total. The quantitative estimate of drug-likeness (QED) is 0.217. The summed E-state index contributed by atoms with van der Waals surface area (Å²) >= 11 is 0. The maximum absolute atomic E-state index is 14.2. The fraction of sp³-hybridized carbons (Fsp3) is 0.517. The molecule has 6 N–H and O–H groups in total. The average molecular weight is 586 g/mol. The molecule has 1 saturated carbocycles. The predicted octanol–water partition coefficient (Wildman–Crippen LogP) is -0.231. The SMILES string of the molecule is CC1c2cccc(O)c2C(O)=C2C(=O)C3(O)C(O)=C(C(N)=O)C(=O)C(N(C)C)C3C(OC(=O)CCN3CCOCC3)C21. The van der Waals surface area contributed by atoms with Gasteiger partial charge in [0.25, 0.3) is 5.91 Å². The third-order valence-electron chi connectivity index (χ3n) is 8.97. The molecule has 0 radical (unpaired) electrons. The predicted molar refractivity (Wildman–Crippen MR) is 146 cm³/mol. The van der Waals surface area contributed by atoms with E-state index in [1.165, 1.54) is 25.1 Å². The van der Waals surface area contributed by atoms with E-state index in [9.17, 15) is 39.6 Å². The summed E-state index contributed by atoms with van der Waals surface area (Å²) in [5, 5.41) is 45.3. The second-order valence-corrected chi connectivity index (χ2v) is 11.5. The first kappa shape index (κ1) is 29.7. The number of Topliss-reactive ketones (excluding diaryl/α,β-unsaturated/α-hetero) is 2. The zero-order chi connectivity index (χ0) is 30.7. The molecule has 13 heteroatoms. The summed E-state index contributed by atoms with van der Waals surface area (Å²) < 4.78 is 11.4. The standard InChI is InChI=1S/C29H35N3O10/c1-13-14-5-4-6-15(33)18(14)23(35)19-17(13)25(42-16(34)7-8-32-9-11-41-12-10-32)21-22(31(2)3)24(36)20(28(30)39)27(38)29(21,40)26(19)37/h4-6,13,17,21-22,25,33,35,38,40H,7-12H2,1-3H3,(H2,30,39). The fourth-order valence-electron chi connectivity index (χ4n) is 6.97. The number of hydrogen-bond acceptors (Lipinski definition) is 12. The van der Waals surface area contributed by atoms with Gasteiger partial charge in [-0.2, -0.15) is 0 Å². The number of phenolic OH excluding ortho intramolecular Hbond substituents is 1. The number of carbonyl (C=O) groups excluding carboxylic acids is 4. The summed E-state index contributed by atoms with van der Waals surface area (Å²) in [6.45, 7) is 4.35. The molecule has 1 heterocycles. The van der Waals surface area contributed by atoms with Crippen LogP contribution in [0.5, 0.6) is 5.75 Å². The number of fused-ring (bicyclic) bond motifs is 3. The van der Waals surface area contributed by atoms with E-state index < -0.39 is 81.6 Å². The highest BCUT2D eigenvalue weighted by atomic mass is 16.5. The third-order valence-corrected chi connectivity index (χ3v) is 8.97. The number of likely N-dealkylation sites (N-methyl/N-ethyl adjacent to an activating group) is 1. The Hall–Kier alpha value is -3.78. The molecule has 1 aliphatic heterocycles. The van der Waals surface area contributed by atoms with Gasteiger partial charge in [-0.3, -0.25) is 29.0 Å². The molecule has 2 fully saturated rings. The number of aromatic hydroxyl groups is 1. The van der Waals surface area contributed by atoms with E-state index in [1.54, 1.807) is 19.1 Å². The highest BCUT2D eigenvalue weighted by Crippen LogP contribution is 2.56. The molecular weight excluding hydrogens is 550 g/mol. The van der Waals surface area contributed by atoms with Gasteiger partial charge in [-0.05, 0) is 31.6 Å². The summed E-state index contributed by atoms with van der Waals surface area (Å²) in [6.07, 6.45) is -1.49. The lowest BCUT2D eigenvalue weighted by Gasteiger charge is -2.54. The number of ether oxygens (including phenoxy) is 2. The number of aliphatic hydroxyl groups is 3. The molecule has 3 aliphatic carbocycles. The van der Waals surface area contributed by atoms with Crippen LogP contribution in [0.25, 0.3) is 5.76 Å². The number of nitrogens with two attached hydrogens (primary N) is 1. The third kappa shape index (κ3) is 4.39. The number of amides is 1. The first-order chi connectivity index (χ1) is 19.8. The van der Waals surface area contributed by atoms with Crippen molar-refractivity contribution in [1.29, 1.82) is 0 Å². The van der Waals surface area contributed by atoms with Gasteiger partial charge < -0.3 is 35.6 Å². The Morgan fingerprint density at radius 1 is 1.17 bits per heavy atom. The number of esters is 1. The van der Waals surface area contributed by atoms with E-state index in [-0.39, 0.29) is 17.7 Å². The number of ketones is 2. The molecule has 1 amide bonds. The first-order valence-electron chi connectivity index (χ1n) is 13.8. The summed E-state index contributed by atoms with van der Waals surface area (Å²) in [5.41, 5.74) is 1.50. The van der Waals surface area contributed by atoms with Gasteiger partial charge in [0.05, 0.1) is 37.2 Å². The number of nitrogens with zero attached hydrogens (tertiary/aromatic N) is 2. The van der Waals surface area contributed by atoms with Crippen molar-refractivity contribution in [2.45, 2.75) is 37.0 Å². The average Bonchev–Trinajstić information content (AvgIpc) is 2.93. The zero-order valence-corrected chi connectivity index (χ0v) is 23.6. The molecule has 0 aromatic heterocycles. The van der Waals surface area contributed by atoms with Crippen molar-refractivity contribution in [1.82, 2.24) is 9.80 Å². The molecule has 226 valence electrons. The number of morpholine rings is 1. The number of primary amides is 1. The van der Waals surface area contributed by atoms with Gasteiger partial charge in [0, 0.05) is 31.1 Å². The number of phenols is 1. The molecule has 6 unspecified atom stereocenters. The van der Waals surface area contributed by atoms with Crippen LogP contribution in [0.2, 0.25) is 0 Å². The van der Waals surface area contributed by atoms with Crippen LogP contribution in [0.4, 0.5) is 0 Å². The largest absolute Gasteiger partial charge is 0.508 e. The lowest BCUT2D eigenvalue weighted by atomic mass is 9.54. The topological polar surface area (TPSA) is 200 Å². The Morgan fingerprint density at radius 3 is 2.45 bits per heavy atom. The van der Waals surface area contributed by atoms with Crippen molar-refractivity contribution < 1.29 is 49.1 Å². The molecule has 1 aromatic carbocycles. The van der Waals surface area contributed by atoms with Crippen LogP contribution in [0.15, 0.2) is 35.1 Å². The zero-order valence-electron chi connectivity index (χ0n) is 23.6.